The molecule has 5 nitrogen and oxygen atoms in total. The van der Waals surface area contributed by atoms with Gasteiger partial charge in [0.05, 0.1) is 10.9 Å². The van der Waals surface area contributed by atoms with Gasteiger partial charge in [0.15, 0.2) is 11.5 Å². The van der Waals surface area contributed by atoms with Crippen LogP contribution in [0.5, 0.6) is 0 Å². The van der Waals surface area contributed by atoms with Crippen molar-refractivity contribution in [3.63, 3.8) is 0 Å². The van der Waals surface area contributed by atoms with E-state index in [1.807, 2.05) is 16.8 Å². The Hall–Kier alpha value is -2.43. The first-order valence-corrected chi connectivity index (χ1v) is 7.14. The molecule has 1 amide bonds. The zero-order valence-corrected chi connectivity index (χ0v) is 12.5. The quantitative estimate of drug-likeness (QED) is 0.802. The number of fused-ring (bicyclic) bond motifs is 2. The van der Waals surface area contributed by atoms with E-state index in [1.54, 1.807) is 0 Å². The third kappa shape index (κ3) is 2.46. The molecule has 1 N–H and O–H groups in total. The lowest BCUT2D eigenvalue weighted by Crippen LogP contribution is -2.07. The molecule has 1 aromatic carbocycles. The largest absolute Gasteiger partial charge is 0.309 e. The molecule has 0 atom stereocenters. The fourth-order valence-electron chi connectivity index (χ4n) is 2.49. The second-order valence-corrected chi connectivity index (χ2v) is 5.31. The molecular formula is C16H18N4O. The predicted octanol–water partition coefficient (Wildman–Crippen LogP) is 3.26. The molecule has 0 radical (unpaired) electrons. The van der Waals surface area contributed by atoms with Gasteiger partial charge in [-0.1, -0.05) is 19.1 Å². The summed E-state index contributed by atoms with van der Waals surface area (Å²) >= 11 is 0. The second kappa shape index (κ2) is 5.16. The van der Waals surface area contributed by atoms with Crippen molar-refractivity contribution in [3.8, 4) is 0 Å². The van der Waals surface area contributed by atoms with Crippen molar-refractivity contribution >= 4 is 33.7 Å². The molecule has 3 aromatic rings. The Balaban J connectivity index is 2.29. The number of hydrogen-bond acceptors (Lipinski definition) is 3. The van der Waals surface area contributed by atoms with Crippen molar-refractivity contribution in [3.05, 3.63) is 29.8 Å². The lowest BCUT2D eigenvalue weighted by atomic mass is 10.1. The third-order valence-electron chi connectivity index (χ3n) is 3.40. The molecule has 3 rings (SSSR count). The number of carbonyl (C=O) groups is 1. The topological polar surface area (TPSA) is 59.8 Å². The first-order chi connectivity index (χ1) is 10.1. The van der Waals surface area contributed by atoms with Crippen LogP contribution in [0.2, 0.25) is 0 Å². The van der Waals surface area contributed by atoms with Gasteiger partial charge >= 0.3 is 0 Å². The lowest BCUT2D eigenvalue weighted by Gasteiger charge is -2.02. The minimum absolute atomic E-state index is 0.123. The minimum atomic E-state index is -0.123. The van der Waals surface area contributed by atoms with Gasteiger partial charge in [-0.3, -0.25) is 4.79 Å². The number of nitrogens with one attached hydrogen (secondary N) is 1. The van der Waals surface area contributed by atoms with Gasteiger partial charge < -0.3 is 5.32 Å². The van der Waals surface area contributed by atoms with Crippen molar-refractivity contribution in [1.29, 1.82) is 0 Å². The molecule has 2 aromatic heterocycles. The Morgan fingerprint density at radius 3 is 2.86 bits per heavy atom. The van der Waals surface area contributed by atoms with Crippen LogP contribution >= 0.6 is 0 Å². The highest BCUT2D eigenvalue weighted by molar-refractivity contribution is 6.02. The minimum Gasteiger partial charge on any atom is -0.309 e. The van der Waals surface area contributed by atoms with Crippen LogP contribution in [0.1, 0.15) is 25.8 Å². The number of pyridine rings is 1. The Kier molecular flexibility index (Phi) is 3.33. The van der Waals surface area contributed by atoms with E-state index in [0.717, 1.165) is 34.9 Å². The van der Waals surface area contributed by atoms with Crippen molar-refractivity contribution in [2.45, 2.75) is 33.7 Å². The van der Waals surface area contributed by atoms with Crippen LogP contribution in [0.25, 0.3) is 21.9 Å². The summed E-state index contributed by atoms with van der Waals surface area (Å²) in [7, 11) is 0. The summed E-state index contributed by atoms with van der Waals surface area (Å²) in [5.74, 6) is 0.461. The first kappa shape index (κ1) is 13.5. The Labute approximate surface area is 123 Å². The number of rotatable bonds is 3. The van der Waals surface area contributed by atoms with Crippen LogP contribution < -0.4 is 5.32 Å². The van der Waals surface area contributed by atoms with Gasteiger partial charge in [-0.2, -0.15) is 5.10 Å². The zero-order valence-electron chi connectivity index (χ0n) is 12.5. The van der Waals surface area contributed by atoms with Crippen LogP contribution in [0.3, 0.4) is 0 Å². The van der Waals surface area contributed by atoms with Crippen LogP contribution in [-0.2, 0) is 11.3 Å². The number of hydrogen-bond donors (Lipinski definition) is 1. The Morgan fingerprint density at radius 2 is 2.14 bits per heavy atom. The number of nitrogens with zero attached hydrogens (tertiary/aromatic N) is 3. The molecule has 2 heterocycles. The van der Waals surface area contributed by atoms with E-state index >= 15 is 0 Å². The highest BCUT2D eigenvalue weighted by Gasteiger charge is 2.13. The summed E-state index contributed by atoms with van der Waals surface area (Å²) < 4.78 is 1.86. The van der Waals surface area contributed by atoms with Gasteiger partial charge in [0.25, 0.3) is 0 Å². The maximum Gasteiger partial charge on any atom is 0.222 e. The molecule has 0 spiro atoms. The number of benzene rings is 1. The van der Waals surface area contributed by atoms with E-state index in [-0.39, 0.29) is 5.91 Å². The van der Waals surface area contributed by atoms with E-state index < -0.39 is 0 Å². The maximum atomic E-state index is 11.4. The van der Waals surface area contributed by atoms with Gasteiger partial charge in [0.1, 0.15) is 0 Å². The van der Waals surface area contributed by atoms with Gasteiger partial charge in [0, 0.05) is 18.9 Å². The fraction of sp³-hybridized carbons (Fsp3) is 0.312. The number of aromatic nitrogens is 3. The van der Waals surface area contributed by atoms with Gasteiger partial charge in [-0.15, -0.1) is 0 Å². The van der Waals surface area contributed by atoms with Gasteiger partial charge in [0.2, 0.25) is 5.91 Å². The maximum absolute atomic E-state index is 11.4. The predicted molar refractivity (Wildman–Crippen MR) is 84.4 cm³/mol. The van der Waals surface area contributed by atoms with Crippen molar-refractivity contribution in [1.82, 2.24) is 14.8 Å². The van der Waals surface area contributed by atoms with Crippen molar-refractivity contribution in [2.75, 3.05) is 5.32 Å². The van der Waals surface area contributed by atoms with Gasteiger partial charge in [-0.25, -0.2) is 9.67 Å². The molecule has 108 valence electrons. The van der Waals surface area contributed by atoms with Gasteiger partial charge in [-0.05, 0) is 31.0 Å². The highest BCUT2D eigenvalue weighted by atomic mass is 16.1. The Morgan fingerprint density at radius 1 is 1.33 bits per heavy atom. The normalized spacial score (nSPS) is 11.2. The monoisotopic (exact) mass is 282 g/mol. The number of amides is 1. The molecule has 0 saturated carbocycles. The van der Waals surface area contributed by atoms with Crippen LogP contribution in [0.15, 0.2) is 24.3 Å². The number of aryl methyl sites for hydroxylation is 2. The van der Waals surface area contributed by atoms with Crippen LogP contribution in [0.4, 0.5) is 5.82 Å². The molecule has 0 bridgehead atoms. The number of anilines is 1. The van der Waals surface area contributed by atoms with Crippen LogP contribution in [-0.4, -0.2) is 20.7 Å². The van der Waals surface area contributed by atoms with E-state index in [2.05, 4.69) is 36.4 Å². The number of carbonyl (C=O) groups excluding carboxylic acids is 1. The zero-order chi connectivity index (χ0) is 15.0. The second-order valence-electron chi connectivity index (χ2n) is 5.31. The van der Waals surface area contributed by atoms with E-state index in [1.165, 1.54) is 12.5 Å². The van der Waals surface area contributed by atoms with Crippen LogP contribution in [0, 0.1) is 6.92 Å². The SMILES string of the molecule is CCCn1nc(NC(C)=O)c2cc3ccc(C)cc3nc21. The molecule has 0 aliphatic carbocycles. The van der Waals surface area contributed by atoms with E-state index in [9.17, 15) is 4.79 Å². The molecule has 0 fully saturated rings. The van der Waals surface area contributed by atoms with E-state index in [0.29, 0.717) is 5.82 Å². The summed E-state index contributed by atoms with van der Waals surface area (Å²) in [6, 6.07) is 8.22. The summed E-state index contributed by atoms with van der Waals surface area (Å²) in [6.07, 6.45) is 0.962. The lowest BCUT2D eigenvalue weighted by molar-refractivity contribution is -0.114. The smallest absolute Gasteiger partial charge is 0.222 e. The summed E-state index contributed by atoms with van der Waals surface area (Å²) in [6.45, 7) is 6.41. The molecule has 21 heavy (non-hydrogen) atoms. The molecule has 0 saturated heterocycles. The molecule has 0 unspecified atom stereocenters. The summed E-state index contributed by atoms with van der Waals surface area (Å²) in [5.41, 5.74) is 2.95. The highest BCUT2D eigenvalue weighted by Crippen LogP contribution is 2.26. The standard InChI is InChI=1S/C16H18N4O/c1-4-7-20-16-13(15(19-20)17-11(3)21)9-12-6-5-10(2)8-14(12)18-16/h5-6,8-9H,4,7H2,1-3H3,(H,17,19,21). The van der Waals surface area contributed by atoms with E-state index in [4.69, 9.17) is 4.98 Å². The molecule has 0 aliphatic rings. The molecular weight excluding hydrogens is 264 g/mol. The average molecular weight is 282 g/mol. The summed E-state index contributed by atoms with van der Waals surface area (Å²) in [5, 5.41) is 9.21. The third-order valence-corrected chi connectivity index (χ3v) is 3.40. The molecule has 0 aliphatic heterocycles. The van der Waals surface area contributed by atoms with Crippen molar-refractivity contribution < 1.29 is 4.79 Å². The summed E-state index contributed by atoms with van der Waals surface area (Å²) in [4.78, 5) is 16.1. The molecule has 5 heteroatoms. The fourth-order valence-corrected chi connectivity index (χ4v) is 2.49. The average Bonchev–Trinajstić information content (AvgIpc) is 2.74. The van der Waals surface area contributed by atoms with Crippen molar-refractivity contribution in [2.24, 2.45) is 0 Å². The Bertz CT molecular complexity index is 835. The first-order valence-electron chi connectivity index (χ1n) is 7.14.